The highest BCUT2D eigenvalue weighted by molar-refractivity contribution is 5.66. The number of carboxylic acid groups (broad SMARTS) is 1. The number of pyridine rings is 1. The lowest BCUT2D eigenvalue weighted by molar-refractivity contribution is 0.0950. The molecule has 116 valence electrons. The number of aromatic nitrogens is 1. The van der Waals surface area contributed by atoms with Crippen LogP contribution in [0.2, 0.25) is 0 Å². The SMILES string of the molecule is CC(C)(C)c1nc2c(cc1CC(O)CO)CN(C(=O)O)C2. The van der Waals surface area contributed by atoms with Gasteiger partial charge in [-0.1, -0.05) is 26.8 Å². The van der Waals surface area contributed by atoms with Gasteiger partial charge in [0, 0.05) is 17.5 Å². The van der Waals surface area contributed by atoms with Crippen molar-refractivity contribution in [3.05, 3.63) is 28.6 Å². The summed E-state index contributed by atoms with van der Waals surface area (Å²) in [5.41, 5.74) is 3.17. The minimum absolute atomic E-state index is 0.212. The van der Waals surface area contributed by atoms with Gasteiger partial charge in [-0.25, -0.2) is 4.79 Å². The second-order valence-corrected chi connectivity index (χ2v) is 6.53. The van der Waals surface area contributed by atoms with Gasteiger partial charge in [0.05, 0.1) is 31.5 Å². The molecular weight excluding hydrogens is 272 g/mol. The molecule has 3 N–H and O–H groups in total. The number of fused-ring (bicyclic) bond motifs is 1. The van der Waals surface area contributed by atoms with Crippen molar-refractivity contribution in [2.75, 3.05) is 6.61 Å². The molecule has 1 aliphatic rings. The molecule has 1 aliphatic heterocycles. The van der Waals surface area contributed by atoms with Crippen molar-refractivity contribution in [2.24, 2.45) is 0 Å². The molecule has 1 unspecified atom stereocenters. The van der Waals surface area contributed by atoms with Gasteiger partial charge in [-0.2, -0.15) is 0 Å². The lowest BCUT2D eigenvalue weighted by atomic mass is 9.86. The van der Waals surface area contributed by atoms with Crippen LogP contribution in [-0.2, 0) is 24.9 Å². The third-order valence-electron chi connectivity index (χ3n) is 3.62. The molecule has 0 radical (unpaired) electrons. The standard InChI is InChI=1S/C15H22N2O4/c1-15(2,3)13-9(5-11(19)8-18)4-10-6-17(14(20)21)7-12(10)16-13/h4,11,18-19H,5-8H2,1-3H3,(H,20,21). The van der Waals surface area contributed by atoms with Gasteiger partial charge in [0.15, 0.2) is 0 Å². The Kier molecular flexibility index (Phi) is 4.20. The molecule has 0 spiro atoms. The van der Waals surface area contributed by atoms with Crippen LogP contribution < -0.4 is 0 Å². The van der Waals surface area contributed by atoms with Crippen molar-refractivity contribution in [3.8, 4) is 0 Å². The average Bonchev–Trinajstić information content (AvgIpc) is 2.79. The maximum atomic E-state index is 11.1. The quantitative estimate of drug-likeness (QED) is 0.780. The van der Waals surface area contributed by atoms with E-state index in [2.05, 4.69) is 4.98 Å². The van der Waals surface area contributed by atoms with Crippen molar-refractivity contribution in [1.82, 2.24) is 9.88 Å². The van der Waals surface area contributed by atoms with Crippen LogP contribution in [0.1, 0.15) is 43.3 Å². The van der Waals surface area contributed by atoms with Crippen LogP contribution >= 0.6 is 0 Å². The Labute approximate surface area is 124 Å². The molecule has 2 heterocycles. The van der Waals surface area contributed by atoms with E-state index in [4.69, 9.17) is 10.2 Å². The monoisotopic (exact) mass is 294 g/mol. The van der Waals surface area contributed by atoms with Gasteiger partial charge in [-0.05, 0) is 11.1 Å². The van der Waals surface area contributed by atoms with E-state index >= 15 is 0 Å². The summed E-state index contributed by atoms with van der Waals surface area (Å²) >= 11 is 0. The van der Waals surface area contributed by atoms with Gasteiger partial charge in [0.25, 0.3) is 0 Å². The zero-order valence-corrected chi connectivity index (χ0v) is 12.6. The maximum Gasteiger partial charge on any atom is 0.407 e. The molecule has 2 rings (SSSR count). The third kappa shape index (κ3) is 3.33. The number of hydrogen-bond donors (Lipinski definition) is 3. The Morgan fingerprint density at radius 3 is 2.62 bits per heavy atom. The van der Waals surface area contributed by atoms with Gasteiger partial charge >= 0.3 is 6.09 Å². The molecule has 1 amide bonds. The minimum Gasteiger partial charge on any atom is -0.465 e. The van der Waals surface area contributed by atoms with E-state index in [1.807, 2.05) is 26.8 Å². The molecule has 6 nitrogen and oxygen atoms in total. The fourth-order valence-electron chi connectivity index (χ4n) is 2.62. The number of rotatable bonds is 3. The van der Waals surface area contributed by atoms with Crippen LogP contribution in [0.15, 0.2) is 6.07 Å². The highest BCUT2D eigenvalue weighted by Gasteiger charge is 2.29. The van der Waals surface area contributed by atoms with Crippen molar-refractivity contribution >= 4 is 6.09 Å². The van der Waals surface area contributed by atoms with Gasteiger partial charge in [-0.3, -0.25) is 9.88 Å². The average molecular weight is 294 g/mol. The Bertz CT molecular complexity index is 551. The van der Waals surface area contributed by atoms with E-state index in [1.54, 1.807) is 0 Å². The highest BCUT2D eigenvalue weighted by atomic mass is 16.4. The van der Waals surface area contributed by atoms with E-state index in [1.165, 1.54) is 4.90 Å². The summed E-state index contributed by atoms with van der Waals surface area (Å²) in [4.78, 5) is 17.0. The predicted octanol–water partition coefficient (Wildman–Crippen LogP) is 1.27. The number of carbonyl (C=O) groups is 1. The molecule has 0 fully saturated rings. The first-order valence-corrected chi connectivity index (χ1v) is 7.01. The number of nitrogens with zero attached hydrogens (tertiary/aromatic N) is 2. The smallest absolute Gasteiger partial charge is 0.407 e. The topological polar surface area (TPSA) is 93.9 Å². The Morgan fingerprint density at radius 1 is 1.43 bits per heavy atom. The van der Waals surface area contributed by atoms with Crippen molar-refractivity contribution in [2.45, 2.75) is 51.8 Å². The van der Waals surface area contributed by atoms with Crippen LogP contribution in [0, 0.1) is 0 Å². The van der Waals surface area contributed by atoms with E-state index in [0.29, 0.717) is 19.5 Å². The molecular formula is C15H22N2O4. The summed E-state index contributed by atoms with van der Waals surface area (Å²) in [5.74, 6) is 0. The largest absolute Gasteiger partial charge is 0.465 e. The number of amides is 1. The van der Waals surface area contributed by atoms with Gasteiger partial charge in [0.1, 0.15) is 0 Å². The second-order valence-electron chi connectivity index (χ2n) is 6.53. The molecule has 1 atom stereocenters. The highest BCUT2D eigenvalue weighted by Crippen LogP contribution is 2.30. The summed E-state index contributed by atoms with van der Waals surface area (Å²) in [5, 5.41) is 27.8. The molecule has 0 aliphatic carbocycles. The van der Waals surface area contributed by atoms with Crippen molar-refractivity contribution < 1.29 is 20.1 Å². The number of aliphatic hydroxyl groups excluding tert-OH is 2. The minimum atomic E-state index is -0.956. The van der Waals surface area contributed by atoms with Crippen LogP contribution in [-0.4, -0.2) is 44.0 Å². The zero-order chi connectivity index (χ0) is 15.8. The third-order valence-corrected chi connectivity index (χ3v) is 3.62. The van der Waals surface area contributed by atoms with Crippen LogP contribution in [0.25, 0.3) is 0 Å². The molecule has 0 saturated carbocycles. The summed E-state index contributed by atoms with van der Waals surface area (Å²) in [6, 6.07) is 1.92. The fourth-order valence-corrected chi connectivity index (χ4v) is 2.62. The van der Waals surface area contributed by atoms with E-state index in [9.17, 15) is 9.90 Å². The zero-order valence-electron chi connectivity index (χ0n) is 12.6. The van der Waals surface area contributed by atoms with E-state index in [0.717, 1.165) is 22.5 Å². The summed E-state index contributed by atoms with van der Waals surface area (Å²) in [6.07, 6.45) is -1.47. The van der Waals surface area contributed by atoms with Gasteiger partial charge in [0.2, 0.25) is 0 Å². The molecule has 0 bridgehead atoms. The molecule has 21 heavy (non-hydrogen) atoms. The lowest BCUT2D eigenvalue weighted by Gasteiger charge is -2.23. The molecule has 1 aromatic rings. The van der Waals surface area contributed by atoms with Crippen LogP contribution in [0.5, 0.6) is 0 Å². The Balaban J connectivity index is 2.41. The lowest BCUT2D eigenvalue weighted by Crippen LogP contribution is -2.23. The first-order chi connectivity index (χ1) is 9.72. The van der Waals surface area contributed by atoms with E-state index < -0.39 is 12.2 Å². The summed E-state index contributed by atoms with van der Waals surface area (Å²) < 4.78 is 0. The predicted molar refractivity (Wildman–Crippen MR) is 77.0 cm³/mol. The fraction of sp³-hybridized carbons (Fsp3) is 0.600. The van der Waals surface area contributed by atoms with Gasteiger partial charge < -0.3 is 15.3 Å². The van der Waals surface area contributed by atoms with Gasteiger partial charge in [-0.15, -0.1) is 0 Å². The molecule has 1 aromatic heterocycles. The Hall–Kier alpha value is -1.66. The summed E-state index contributed by atoms with van der Waals surface area (Å²) in [7, 11) is 0. The normalized spacial score (nSPS) is 16.0. The van der Waals surface area contributed by atoms with Crippen LogP contribution in [0.3, 0.4) is 0 Å². The number of hydrogen-bond acceptors (Lipinski definition) is 4. The number of aliphatic hydroxyl groups is 2. The van der Waals surface area contributed by atoms with Crippen molar-refractivity contribution in [3.63, 3.8) is 0 Å². The van der Waals surface area contributed by atoms with Crippen LogP contribution in [0.4, 0.5) is 4.79 Å². The summed E-state index contributed by atoms with van der Waals surface area (Å²) in [6.45, 7) is 6.41. The molecule has 0 saturated heterocycles. The van der Waals surface area contributed by atoms with E-state index in [-0.39, 0.29) is 12.0 Å². The molecule has 6 heteroatoms. The van der Waals surface area contributed by atoms with Crippen molar-refractivity contribution in [1.29, 1.82) is 0 Å². The first kappa shape index (κ1) is 15.7. The molecule has 0 aromatic carbocycles. The second kappa shape index (κ2) is 5.61. The first-order valence-electron chi connectivity index (χ1n) is 7.01. The maximum absolute atomic E-state index is 11.1. The Morgan fingerprint density at radius 2 is 2.10 bits per heavy atom.